The van der Waals surface area contributed by atoms with Crippen molar-refractivity contribution in [2.75, 3.05) is 19.7 Å². The molecule has 112 valence electrons. The smallest absolute Gasteiger partial charge is 0.279 e. The molecule has 1 heterocycles. The molecular weight excluding hydrogens is 264 g/mol. The maximum Gasteiger partial charge on any atom is 0.279 e. The van der Waals surface area contributed by atoms with Gasteiger partial charge >= 0.3 is 0 Å². The van der Waals surface area contributed by atoms with Gasteiger partial charge in [0.2, 0.25) is 0 Å². The Morgan fingerprint density at radius 2 is 2.05 bits per heavy atom. The molecule has 0 radical (unpaired) electrons. The molecule has 0 amide bonds. The predicted molar refractivity (Wildman–Crippen MR) is 74.9 cm³/mol. The molecule has 1 unspecified atom stereocenters. The quantitative estimate of drug-likeness (QED) is 0.773. The summed E-state index contributed by atoms with van der Waals surface area (Å²) in [5.74, 6) is 0. The Balaban J connectivity index is 1.97. The van der Waals surface area contributed by atoms with E-state index in [1.165, 1.54) is 10.7 Å². The number of aliphatic hydroxyl groups is 1. The molecule has 0 aromatic heterocycles. The summed E-state index contributed by atoms with van der Waals surface area (Å²) in [4.78, 5) is 0. The van der Waals surface area contributed by atoms with Gasteiger partial charge in [-0.15, -0.1) is 0 Å². The number of hydrogen-bond donors (Lipinski definition) is 2. The number of nitrogens with one attached hydrogen (secondary N) is 1. The minimum Gasteiger partial charge on any atom is -0.395 e. The lowest BCUT2D eigenvalue weighted by molar-refractivity contribution is 0.127. The largest absolute Gasteiger partial charge is 0.395 e. The number of piperidine rings is 1. The Labute approximate surface area is 116 Å². The second-order valence-electron chi connectivity index (χ2n) is 5.98. The zero-order valence-corrected chi connectivity index (χ0v) is 12.6. The van der Waals surface area contributed by atoms with Crippen LogP contribution in [0.25, 0.3) is 0 Å². The van der Waals surface area contributed by atoms with Crippen molar-refractivity contribution in [2.24, 2.45) is 5.41 Å². The molecule has 2 rings (SSSR count). The normalized spacial score (nSPS) is 28.0. The molecule has 1 saturated heterocycles. The topological polar surface area (TPSA) is 69.6 Å². The van der Waals surface area contributed by atoms with E-state index in [1.54, 1.807) is 0 Å². The van der Waals surface area contributed by atoms with E-state index in [0.29, 0.717) is 13.1 Å². The highest BCUT2D eigenvalue weighted by atomic mass is 32.2. The van der Waals surface area contributed by atoms with Crippen molar-refractivity contribution in [1.82, 2.24) is 9.03 Å². The van der Waals surface area contributed by atoms with E-state index in [-0.39, 0.29) is 18.1 Å². The second kappa shape index (κ2) is 6.08. The molecule has 1 saturated carbocycles. The SMILES string of the molecule is CCC1(CNS(=O)(=O)N2CCCCC2CO)CCC1. The zero-order valence-electron chi connectivity index (χ0n) is 11.8. The molecule has 5 nitrogen and oxygen atoms in total. The minimum absolute atomic E-state index is 0.0835. The van der Waals surface area contributed by atoms with Crippen molar-refractivity contribution in [3.63, 3.8) is 0 Å². The van der Waals surface area contributed by atoms with Crippen molar-refractivity contribution in [2.45, 2.75) is 57.9 Å². The molecule has 2 N–H and O–H groups in total. The van der Waals surface area contributed by atoms with Crippen LogP contribution in [0.2, 0.25) is 0 Å². The van der Waals surface area contributed by atoms with Gasteiger partial charge in [-0.1, -0.05) is 19.8 Å². The van der Waals surface area contributed by atoms with Crippen LogP contribution < -0.4 is 4.72 Å². The molecular formula is C13H26N2O3S. The lowest BCUT2D eigenvalue weighted by Gasteiger charge is -2.42. The monoisotopic (exact) mass is 290 g/mol. The first-order valence-corrected chi connectivity index (χ1v) is 8.84. The Morgan fingerprint density at radius 1 is 1.32 bits per heavy atom. The van der Waals surface area contributed by atoms with Crippen LogP contribution in [0.15, 0.2) is 0 Å². The van der Waals surface area contributed by atoms with E-state index in [2.05, 4.69) is 11.6 Å². The van der Waals surface area contributed by atoms with E-state index < -0.39 is 10.2 Å². The van der Waals surface area contributed by atoms with Crippen molar-refractivity contribution < 1.29 is 13.5 Å². The highest BCUT2D eigenvalue weighted by Crippen LogP contribution is 2.43. The van der Waals surface area contributed by atoms with Gasteiger partial charge in [0.05, 0.1) is 6.61 Å². The summed E-state index contributed by atoms with van der Waals surface area (Å²) in [5.41, 5.74) is 0.178. The Hall–Kier alpha value is -0.170. The van der Waals surface area contributed by atoms with Crippen molar-refractivity contribution in [3.05, 3.63) is 0 Å². The van der Waals surface area contributed by atoms with E-state index >= 15 is 0 Å². The molecule has 19 heavy (non-hydrogen) atoms. The first kappa shape index (κ1) is 15.2. The maximum atomic E-state index is 12.4. The van der Waals surface area contributed by atoms with Gasteiger partial charge in [0.15, 0.2) is 0 Å². The predicted octanol–water partition coefficient (Wildman–Crippen LogP) is 1.25. The molecule has 1 aliphatic carbocycles. The van der Waals surface area contributed by atoms with Crippen LogP contribution in [0.1, 0.15) is 51.9 Å². The standard InChI is InChI=1S/C13H26N2O3S/c1-2-13(7-5-8-13)11-14-19(17,18)15-9-4-3-6-12(15)10-16/h12,14,16H,2-11H2,1H3. The Kier molecular flexibility index (Phi) is 4.87. The van der Waals surface area contributed by atoms with Crippen molar-refractivity contribution in [1.29, 1.82) is 0 Å². The van der Waals surface area contributed by atoms with Gasteiger partial charge in [-0.05, 0) is 37.5 Å². The number of hydrogen-bond acceptors (Lipinski definition) is 3. The molecule has 1 aliphatic heterocycles. The zero-order chi connectivity index (χ0) is 13.9. The Morgan fingerprint density at radius 3 is 2.58 bits per heavy atom. The van der Waals surface area contributed by atoms with E-state index in [0.717, 1.165) is 38.5 Å². The molecule has 6 heteroatoms. The molecule has 0 spiro atoms. The number of aliphatic hydroxyl groups excluding tert-OH is 1. The molecule has 0 bridgehead atoms. The summed E-state index contributed by atoms with van der Waals surface area (Å²) >= 11 is 0. The lowest BCUT2D eigenvalue weighted by atomic mass is 9.67. The summed E-state index contributed by atoms with van der Waals surface area (Å²) in [6.07, 6.45) is 7.12. The third-order valence-corrected chi connectivity index (χ3v) is 6.49. The maximum absolute atomic E-state index is 12.4. The highest BCUT2D eigenvalue weighted by Gasteiger charge is 2.38. The average molecular weight is 290 g/mol. The number of nitrogens with zero attached hydrogens (tertiary/aromatic N) is 1. The van der Waals surface area contributed by atoms with E-state index in [1.807, 2.05) is 0 Å². The first-order chi connectivity index (χ1) is 9.03. The van der Waals surface area contributed by atoms with Crippen LogP contribution in [0.3, 0.4) is 0 Å². The van der Waals surface area contributed by atoms with Crippen LogP contribution in [-0.2, 0) is 10.2 Å². The fraction of sp³-hybridized carbons (Fsp3) is 1.00. The molecule has 0 aromatic rings. The van der Waals surface area contributed by atoms with Crippen LogP contribution in [0.4, 0.5) is 0 Å². The summed E-state index contributed by atoms with van der Waals surface area (Å²) in [6, 6.07) is -0.245. The molecule has 2 aliphatic rings. The summed E-state index contributed by atoms with van der Waals surface area (Å²) in [7, 11) is -3.44. The second-order valence-corrected chi connectivity index (χ2v) is 7.68. The first-order valence-electron chi connectivity index (χ1n) is 7.40. The highest BCUT2D eigenvalue weighted by molar-refractivity contribution is 7.87. The van der Waals surface area contributed by atoms with E-state index in [9.17, 15) is 13.5 Å². The van der Waals surface area contributed by atoms with Crippen molar-refractivity contribution >= 4 is 10.2 Å². The summed E-state index contributed by atoms with van der Waals surface area (Å²) < 4.78 is 29.0. The molecule has 0 aromatic carbocycles. The van der Waals surface area contributed by atoms with E-state index in [4.69, 9.17) is 0 Å². The molecule has 2 fully saturated rings. The van der Waals surface area contributed by atoms with Crippen LogP contribution in [-0.4, -0.2) is 43.6 Å². The van der Waals surface area contributed by atoms with Gasteiger partial charge in [0.1, 0.15) is 0 Å². The lowest BCUT2D eigenvalue weighted by Crippen LogP contribution is -2.53. The van der Waals surface area contributed by atoms with Crippen LogP contribution >= 0.6 is 0 Å². The average Bonchev–Trinajstić information content (AvgIpc) is 2.38. The van der Waals surface area contributed by atoms with Crippen LogP contribution in [0.5, 0.6) is 0 Å². The fourth-order valence-corrected chi connectivity index (χ4v) is 4.72. The third-order valence-electron chi connectivity index (χ3n) is 4.89. The summed E-state index contributed by atoms with van der Waals surface area (Å²) in [5, 5.41) is 9.32. The fourth-order valence-electron chi connectivity index (χ4n) is 3.13. The number of rotatable bonds is 6. The van der Waals surface area contributed by atoms with Gasteiger partial charge in [0, 0.05) is 19.1 Å². The van der Waals surface area contributed by atoms with Gasteiger partial charge in [0.25, 0.3) is 10.2 Å². The third kappa shape index (κ3) is 3.29. The molecule has 1 atom stereocenters. The Bertz CT molecular complexity index is 387. The van der Waals surface area contributed by atoms with Crippen molar-refractivity contribution in [3.8, 4) is 0 Å². The van der Waals surface area contributed by atoms with Crippen LogP contribution in [0, 0.1) is 5.41 Å². The van der Waals surface area contributed by atoms with Gasteiger partial charge < -0.3 is 5.11 Å². The van der Waals surface area contributed by atoms with Gasteiger partial charge in [-0.3, -0.25) is 0 Å². The minimum atomic E-state index is -3.44. The summed E-state index contributed by atoms with van der Waals surface area (Å²) in [6.45, 7) is 3.12. The van der Waals surface area contributed by atoms with Gasteiger partial charge in [-0.2, -0.15) is 12.7 Å². The van der Waals surface area contributed by atoms with Gasteiger partial charge in [-0.25, -0.2) is 4.72 Å².